The van der Waals surface area contributed by atoms with Gasteiger partial charge in [0, 0.05) is 25.0 Å². The van der Waals surface area contributed by atoms with Crippen LogP contribution in [0.25, 0.3) is 0 Å². The van der Waals surface area contributed by atoms with Crippen molar-refractivity contribution in [2.75, 3.05) is 13.2 Å². The van der Waals surface area contributed by atoms with E-state index in [2.05, 4.69) is 0 Å². The van der Waals surface area contributed by atoms with Gasteiger partial charge in [0.25, 0.3) is 0 Å². The number of benzene rings is 1. The maximum absolute atomic E-state index is 12.1. The van der Waals surface area contributed by atoms with Crippen molar-refractivity contribution in [2.45, 2.75) is 39.2 Å². The Balaban J connectivity index is 1.75. The zero-order valence-electron chi connectivity index (χ0n) is 14.1. The van der Waals surface area contributed by atoms with Crippen LogP contribution in [0.3, 0.4) is 0 Å². The third-order valence-electron chi connectivity index (χ3n) is 4.16. The van der Waals surface area contributed by atoms with Crippen molar-refractivity contribution in [3.63, 3.8) is 0 Å². The largest absolute Gasteiger partial charge is 0.498 e. The summed E-state index contributed by atoms with van der Waals surface area (Å²) in [5, 5.41) is 0. The van der Waals surface area contributed by atoms with Gasteiger partial charge < -0.3 is 15.2 Å². The number of allylic oxidation sites excluding steroid dienone is 2. The van der Waals surface area contributed by atoms with Crippen LogP contribution in [-0.4, -0.2) is 25.0 Å². The fourth-order valence-electron chi connectivity index (χ4n) is 2.86. The first-order valence-corrected chi connectivity index (χ1v) is 8.48. The topological polar surface area (TPSA) is 78.6 Å². The lowest BCUT2D eigenvalue weighted by Crippen LogP contribution is -2.19. The molecule has 0 aromatic heterocycles. The molecular formula is C19H25NO4. The number of nitrogens with two attached hydrogens (primary N) is 1. The van der Waals surface area contributed by atoms with E-state index in [1.54, 1.807) is 18.2 Å². The van der Waals surface area contributed by atoms with Crippen LogP contribution in [0.2, 0.25) is 0 Å². The second-order valence-corrected chi connectivity index (χ2v) is 5.82. The van der Waals surface area contributed by atoms with E-state index in [1.165, 1.54) is 0 Å². The molecule has 0 saturated heterocycles. The Hall–Kier alpha value is -2.14. The molecule has 0 saturated carbocycles. The summed E-state index contributed by atoms with van der Waals surface area (Å²) in [5.41, 5.74) is 6.92. The van der Waals surface area contributed by atoms with Gasteiger partial charge in [-0.2, -0.15) is 0 Å². The van der Waals surface area contributed by atoms with E-state index in [1.807, 2.05) is 19.1 Å². The molecule has 0 fully saturated rings. The summed E-state index contributed by atoms with van der Waals surface area (Å²) < 4.78 is 10.7. The number of ether oxygens (including phenoxy) is 2. The predicted octanol–water partition coefficient (Wildman–Crippen LogP) is 2.98. The van der Waals surface area contributed by atoms with Crippen molar-refractivity contribution in [2.24, 2.45) is 11.7 Å². The minimum Gasteiger partial charge on any atom is -0.498 e. The number of hydrogen-bond donors (Lipinski definition) is 1. The lowest BCUT2D eigenvalue weighted by molar-refractivity contribution is -0.119. The highest BCUT2D eigenvalue weighted by Gasteiger charge is 2.22. The van der Waals surface area contributed by atoms with Crippen molar-refractivity contribution >= 4 is 11.8 Å². The smallest absolute Gasteiger partial charge is 0.338 e. The van der Waals surface area contributed by atoms with E-state index in [4.69, 9.17) is 15.2 Å². The highest BCUT2D eigenvalue weighted by Crippen LogP contribution is 2.25. The van der Waals surface area contributed by atoms with E-state index in [9.17, 15) is 9.59 Å². The van der Waals surface area contributed by atoms with E-state index in [0.29, 0.717) is 31.7 Å². The van der Waals surface area contributed by atoms with E-state index >= 15 is 0 Å². The van der Waals surface area contributed by atoms with Gasteiger partial charge in [0.2, 0.25) is 0 Å². The Morgan fingerprint density at radius 2 is 2.12 bits per heavy atom. The standard InChI is InChI=1S/C19H25NO4/c1-2-23-16-10-9-14(18(21)12-16)7-5-11-24-19(22)17-8-4-3-6-15(17)13-20/h3-4,6,8,12,14H,2,5,7,9-11,13,20H2,1H3. The molecule has 0 aliphatic heterocycles. The quantitative estimate of drug-likeness (QED) is 0.585. The average Bonchev–Trinajstić information content (AvgIpc) is 2.60. The molecule has 1 unspecified atom stereocenters. The Morgan fingerprint density at radius 3 is 2.83 bits per heavy atom. The third kappa shape index (κ3) is 4.93. The molecule has 1 aromatic carbocycles. The molecule has 1 aliphatic rings. The molecule has 2 N–H and O–H groups in total. The molecule has 0 spiro atoms. The van der Waals surface area contributed by atoms with Crippen LogP contribution in [-0.2, 0) is 20.8 Å². The molecule has 5 nitrogen and oxygen atoms in total. The molecule has 1 aromatic rings. The summed E-state index contributed by atoms with van der Waals surface area (Å²) >= 11 is 0. The number of carbonyl (C=O) groups excluding carboxylic acids is 2. The van der Waals surface area contributed by atoms with E-state index in [0.717, 1.165) is 30.6 Å². The molecular weight excluding hydrogens is 306 g/mol. The Labute approximate surface area is 142 Å². The third-order valence-corrected chi connectivity index (χ3v) is 4.16. The second-order valence-electron chi connectivity index (χ2n) is 5.82. The van der Waals surface area contributed by atoms with Crippen LogP contribution in [0.4, 0.5) is 0 Å². The molecule has 0 heterocycles. The van der Waals surface area contributed by atoms with Gasteiger partial charge in [-0.05, 0) is 37.8 Å². The maximum Gasteiger partial charge on any atom is 0.338 e. The van der Waals surface area contributed by atoms with Crippen molar-refractivity contribution in [3.8, 4) is 0 Å². The predicted molar refractivity (Wildman–Crippen MR) is 91.3 cm³/mol. The van der Waals surface area contributed by atoms with Gasteiger partial charge in [0.15, 0.2) is 5.78 Å². The average molecular weight is 331 g/mol. The van der Waals surface area contributed by atoms with E-state index < -0.39 is 0 Å². The molecule has 0 bridgehead atoms. The minimum absolute atomic E-state index is 0.00392. The number of esters is 1. The van der Waals surface area contributed by atoms with Crippen LogP contribution in [0.15, 0.2) is 36.1 Å². The molecule has 1 aliphatic carbocycles. The first-order valence-electron chi connectivity index (χ1n) is 8.48. The monoisotopic (exact) mass is 331 g/mol. The number of rotatable bonds is 8. The van der Waals surface area contributed by atoms with Crippen LogP contribution >= 0.6 is 0 Å². The van der Waals surface area contributed by atoms with Gasteiger partial charge in [-0.1, -0.05) is 18.2 Å². The fraction of sp³-hybridized carbons (Fsp3) is 0.474. The summed E-state index contributed by atoms with van der Waals surface area (Å²) in [6, 6.07) is 7.17. The second kappa shape index (κ2) is 9.23. The van der Waals surface area contributed by atoms with E-state index in [-0.39, 0.29) is 17.7 Å². The zero-order chi connectivity index (χ0) is 17.4. The molecule has 130 valence electrons. The lowest BCUT2D eigenvalue weighted by Gasteiger charge is -2.20. The SMILES string of the molecule is CCOC1=CC(=O)C(CCCOC(=O)c2ccccc2CN)CC1. The highest BCUT2D eigenvalue weighted by atomic mass is 16.5. The normalized spacial score (nSPS) is 17.3. The maximum atomic E-state index is 12.1. The Morgan fingerprint density at radius 1 is 1.33 bits per heavy atom. The van der Waals surface area contributed by atoms with Gasteiger partial charge in [0.05, 0.1) is 24.5 Å². The fourth-order valence-corrected chi connectivity index (χ4v) is 2.86. The Bertz CT molecular complexity index is 609. The highest BCUT2D eigenvalue weighted by molar-refractivity contribution is 5.93. The van der Waals surface area contributed by atoms with Crippen molar-refractivity contribution in [1.82, 2.24) is 0 Å². The van der Waals surface area contributed by atoms with Gasteiger partial charge in [0.1, 0.15) is 0 Å². The number of hydrogen-bond acceptors (Lipinski definition) is 5. The Kier molecular flexibility index (Phi) is 7.00. The lowest BCUT2D eigenvalue weighted by atomic mass is 9.88. The van der Waals surface area contributed by atoms with Crippen LogP contribution < -0.4 is 5.73 Å². The van der Waals surface area contributed by atoms with Gasteiger partial charge in [-0.15, -0.1) is 0 Å². The number of carbonyl (C=O) groups is 2. The van der Waals surface area contributed by atoms with Gasteiger partial charge in [-0.3, -0.25) is 4.79 Å². The zero-order valence-corrected chi connectivity index (χ0v) is 14.1. The van der Waals surface area contributed by atoms with Crippen molar-refractivity contribution in [3.05, 3.63) is 47.2 Å². The summed E-state index contributed by atoms with van der Waals surface area (Å²) in [6.45, 7) is 3.11. The van der Waals surface area contributed by atoms with Crippen LogP contribution in [0.1, 0.15) is 48.5 Å². The molecule has 0 radical (unpaired) electrons. The first kappa shape index (κ1) is 18.2. The van der Waals surface area contributed by atoms with Crippen LogP contribution in [0, 0.1) is 5.92 Å². The summed E-state index contributed by atoms with van der Waals surface area (Å²) in [4.78, 5) is 24.1. The first-order chi connectivity index (χ1) is 11.7. The van der Waals surface area contributed by atoms with Crippen molar-refractivity contribution < 1.29 is 19.1 Å². The molecule has 2 rings (SSSR count). The van der Waals surface area contributed by atoms with Gasteiger partial charge in [-0.25, -0.2) is 4.79 Å². The summed E-state index contributed by atoms with van der Waals surface area (Å²) in [7, 11) is 0. The molecule has 24 heavy (non-hydrogen) atoms. The molecule has 0 amide bonds. The summed E-state index contributed by atoms with van der Waals surface area (Å²) in [6.07, 6.45) is 4.61. The molecule has 1 atom stereocenters. The number of ketones is 1. The van der Waals surface area contributed by atoms with Crippen LogP contribution in [0.5, 0.6) is 0 Å². The van der Waals surface area contributed by atoms with Crippen molar-refractivity contribution in [1.29, 1.82) is 0 Å². The summed E-state index contributed by atoms with van der Waals surface area (Å²) in [5.74, 6) is 0.543. The molecule has 5 heteroatoms. The minimum atomic E-state index is -0.357. The van der Waals surface area contributed by atoms with Gasteiger partial charge >= 0.3 is 5.97 Å².